The molecule has 2 rings (SSSR count). The Kier molecular flexibility index (Phi) is 9.25. The van der Waals surface area contributed by atoms with E-state index in [2.05, 4.69) is 5.32 Å². The zero-order chi connectivity index (χ0) is 23.6. The maximum absolute atomic E-state index is 12.5. The van der Waals surface area contributed by atoms with Crippen LogP contribution >= 0.6 is 0 Å². The molecule has 0 heterocycles. The van der Waals surface area contributed by atoms with Gasteiger partial charge in [-0.05, 0) is 44.9 Å². The van der Waals surface area contributed by atoms with Crippen LogP contribution in [0.3, 0.4) is 0 Å². The Balaban J connectivity index is 1.96. The zero-order valence-corrected chi connectivity index (χ0v) is 19.0. The van der Waals surface area contributed by atoms with Crippen molar-refractivity contribution < 1.29 is 28.6 Å². The third kappa shape index (κ3) is 9.20. The summed E-state index contributed by atoms with van der Waals surface area (Å²) in [5.41, 5.74) is 0.599. The molecule has 0 aromatic heterocycles. The predicted molar refractivity (Wildman–Crippen MR) is 120 cm³/mol. The van der Waals surface area contributed by atoms with Gasteiger partial charge in [-0.3, -0.25) is 4.79 Å². The van der Waals surface area contributed by atoms with Crippen molar-refractivity contribution in [3.8, 4) is 0 Å². The molecule has 2 aromatic rings. The number of carbonyl (C=O) groups excluding carboxylic acids is 3. The molecule has 1 N–H and O–H groups in total. The number of carbonyl (C=O) groups is 3. The Hall–Kier alpha value is -3.35. The molecule has 0 aliphatic carbocycles. The normalized spacial score (nSPS) is 12.9. The van der Waals surface area contributed by atoms with Gasteiger partial charge in [-0.2, -0.15) is 0 Å². The molecule has 0 aliphatic rings. The smallest absolute Gasteiger partial charge is 0.407 e. The second-order valence-electron chi connectivity index (χ2n) is 8.54. The number of ether oxygens (including phenoxy) is 3. The van der Waals surface area contributed by atoms with Crippen molar-refractivity contribution in [3.05, 3.63) is 71.8 Å². The summed E-state index contributed by atoms with van der Waals surface area (Å²) >= 11 is 0. The van der Waals surface area contributed by atoms with Crippen molar-refractivity contribution in [1.82, 2.24) is 5.32 Å². The van der Waals surface area contributed by atoms with E-state index < -0.39 is 35.6 Å². The van der Waals surface area contributed by atoms with E-state index >= 15 is 0 Å². The Bertz CT molecular complexity index is 876. The van der Waals surface area contributed by atoms with Gasteiger partial charge in [0.05, 0.1) is 17.5 Å². The molecule has 1 unspecified atom stereocenters. The maximum Gasteiger partial charge on any atom is 0.407 e. The van der Waals surface area contributed by atoms with Crippen LogP contribution < -0.4 is 5.32 Å². The Morgan fingerprint density at radius 2 is 1.50 bits per heavy atom. The first-order chi connectivity index (χ1) is 15.1. The van der Waals surface area contributed by atoms with Crippen LogP contribution in [0.5, 0.6) is 0 Å². The number of rotatable bonds is 9. The van der Waals surface area contributed by atoms with Crippen molar-refractivity contribution in [3.63, 3.8) is 0 Å². The minimum absolute atomic E-state index is 0.108. The highest BCUT2D eigenvalue weighted by Gasteiger charge is 2.25. The Morgan fingerprint density at radius 1 is 0.906 bits per heavy atom. The monoisotopic (exact) mass is 441 g/mol. The van der Waals surface area contributed by atoms with E-state index in [0.29, 0.717) is 5.56 Å². The van der Waals surface area contributed by atoms with Crippen molar-refractivity contribution >= 4 is 18.0 Å². The summed E-state index contributed by atoms with van der Waals surface area (Å²) in [4.78, 5) is 37.0. The van der Waals surface area contributed by atoms with Crippen LogP contribution in [0.2, 0.25) is 0 Å². The quantitative estimate of drug-likeness (QED) is 0.455. The summed E-state index contributed by atoms with van der Waals surface area (Å²) in [6.07, 6.45) is -0.433. The Morgan fingerprint density at radius 3 is 2.09 bits per heavy atom. The summed E-state index contributed by atoms with van der Waals surface area (Å²) in [6.45, 7) is 7.01. The highest BCUT2D eigenvalue weighted by atomic mass is 16.6. The second kappa shape index (κ2) is 11.9. The van der Waals surface area contributed by atoms with Gasteiger partial charge >= 0.3 is 18.0 Å². The molecule has 7 heteroatoms. The SMILES string of the molecule is CC(C[C@H](COC(=O)c1ccccc1)NC(=O)OC(C)(C)C)C(=O)OCc1ccccc1. The standard InChI is InChI=1S/C25H31NO6/c1-18(22(27)30-16-19-11-7-5-8-12-19)15-21(26-24(29)32-25(2,3)4)17-31-23(28)20-13-9-6-10-14-20/h5-14,18,21H,15-17H2,1-4H3,(H,26,29)/t18?,21-/m1/s1. The van der Waals surface area contributed by atoms with E-state index in [0.717, 1.165) is 5.56 Å². The first-order valence-electron chi connectivity index (χ1n) is 10.6. The van der Waals surface area contributed by atoms with Crippen molar-refractivity contribution in [2.75, 3.05) is 6.61 Å². The highest BCUT2D eigenvalue weighted by Crippen LogP contribution is 2.14. The fraction of sp³-hybridized carbons (Fsp3) is 0.400. The summed E-state index contributed by atoms with van der Waals surface area (Å²) < 4.78 is 16.1. The molecule has 0 spiro atoms. The molecule has 2 aromatic carbocycles. The number of hydrogen-bond donors (Lipinski definition) is 1. The van der Waals surface area contributed by atoms with Gasteiger partial charge < -0.3 is 19.5 Å². The molecule has 0 saturated carbocycles. The van der Waals surface area contributed by atoms with Gasteiger partial charge in [-0.15, -0.1) is 0 Å². The summed E-state index contributed by atoms with van der Waals surface area (Å²) in [5, 5.41) is 2.69. The van der Waals surface area contributed by atoms with Crippen LogP contribution in [0.1, 0.15) is 50.0 Å². The van der Waals surface area contributed by atoms with E-state index in [-0.39, 0.29) is 19.6 Å². The van der Waals surface area contributed by atoms with Crippen LogP contribution in [-0.4, -0.2) is 36.3 Å². The lowest BCUT2D eigenvalue weighted by atomic mass is 10.0. The van der Waals surface area contributed by atoms with E-state index in [4.69, 9.17) is 14.2 Å². The molecule has 2 atom stereocenters. The number of benzene rings is 2. The van der Waals surface area contributed by atoms with Crippen LogP contribution in [-0.2, 0) is 25.6 Å². The molecule has 32 heavy (non-hydrogen) atoms. The first kappa shape index (κ1) is 24.9. The molecule has 0 saturated heterocycles. The van der Waals surface area contributed by atoms with Gasteiger partial charge in [0.15, 0.2) is 0 Å². The van der Waals surface area contributed by atoms with Crippen molar-refractivity contribution in [2.45, 2.75) is 52.4 Å². The van der Waals surface area contributed by atoms with E-state index in [1.54, 1.807) is 58.0 Å². The maximum atomic E-state index is 12.5. The van der Waals surface area contributed by atoms with Crippen LogP contribution in [0.4, 0.5) is 4.79 Å². The van der Waals surface area contributed by atoms with E-state index in [1.807, 2.05) is 30.3 Å². The molecule has 7 nitrogen and oxygen atoms in total. The lowest BCUT2D eigenvalue weighted by Gasteiger charge is -2.25. The molecule has 0 aliphatic heterocycles. The van der Waals surface area contributed by atoms with Gasteiger partial charge in [0.2, 0.25) is 0 Å². The van der Waals surface area contributed by atoms with Crippen LogP contribution in [0.15, 0.2) is 60.7 Å². The van der Waals surface area contributed by atoms with Crippen LogP contribution in [0.25, 0.3) is 0 Å². The minimum Gasteiger partial charge on any atom is -0.461 e. The van der Waals surface area contributed by atoms with Gasteiger partial charge in [0, 0.05) is 0 Å². The number of amides is 1. The second-order valence-corrected chi connectivity index (χ2v) is 8.54. The minimum atomic E-state index is -0.685. The van der Waals surface area contributed by atoms with Crippen LogP contribution in [0, 0.1) is 5.92 Å². The summed E-state index contributed by atoms with van der Waals surface area (Å²) in [7, 11) is 0. The number of alkyl carbamates (subject to hydrolysis) is 1. The van der Waals surface area contributed by atoms with Crippen molar-refractivity contribution in [1.29, 1.82) is 0 Å². The van der Waals surface area contributed by atoms with E-state index in [1.165, 1.54) is 0 Å². The van der Waals surface area contributed by atoms with Crippen molar-refractivity contribution in [2.24, 2.45) is 5.92 Å². The molecular formula is C25H31NO6. The summed E-state index contributed by atoms with van der Waals surface area (Å²) in [5.74, 6) is -1.45. The van der Waals surface area contributed by atoms with Gasteiger partial charge in [0.25, 0.3) is 0 Å². The lowest BCUT2D eigenvalue weighted by molar-refractivity contribution is -0.149. The largest absolute Gasteiger partial charge is 0.461 e. The van der Waals surface area contributed by atoms with E-state index in [9.17, 15) is 14.4 Å². The van der Waals surface area contributed by atoms with Gasteiger partial charge in [-0.25, -0.2) is 9.59 Å². The third-order valence-electron chi connectivity index (χ3n) is 4.41. The average Bonchev–Trinajstić information content (AvgIpc) is 2.75. The predicted octanol–water partition coefficient (Wildman–Crippen LogP) is 4.51. The molecule has 172 valence electrons. The summed E-state index contributed by atoms with van der Waals surface area (Å²) in [6, 6.07) is 17.3. The van der Waals surface area contributed by atoms with Gasteiger partial charge in [-0.1, -0.05) is 55.5 Å². The zero-order valence-electron chi connectivity index (χ0n) is 19.0. The lowest BCUT2D eigenvalue weighted by Crippen LogP contribution is -2.43. The fourth-order valence-electron chi connectivity index (χ4n) is 2.87. The molecule has 0 bridgehead atoms. The molecular weight excluding hydrogens is 410 g/mol. The number of esters is 2. The van der Waals surface area contributed by atoms with Gasteiger partial charge in [0.1, 0.15) is 18.8 Å². The molecule has 0 fully saturated rings. The molecule has 0 radical (unpaired) electrons. The number of nitrogens with one attached hydrogen (secondary N) is 1. The topological polar surface area (TPSA) is 90.9 Å². The Labute approximate surface area is 189 Å². The average molecular weight is 442 g/mol. The first-order valence-corrected chi connectivity index (χ1v) is 10.6. The molecule has 1 amide bonds. The number of hydrogen-bond acceptors (Lipinski definition) is 6. The fourth-order valence-corrected chi connectivity index (χ4v) is 2.87. The third-order valence-corrected chi connectivity index (χ3v) is 4.41. The highest BCUT2D eigenvalue weighted by molar-refractivity contribution is 5.89.